The van der Waals surface area contributed by atoms with Gasteiger partial charge in [0.2, 0.25) is 16.0 Å². The van der Waals surface area contributed by atoms with E-state index in [4.69, 9.17) is 20.7 Å². The van der Waals surface area contributed by atoms with Gasteiger partial charge in [-0.2, -0.15) is 4.72 Å². The number of hydroxylamine groups is 1. The van der Waals surface area contributed by atoms with Gasteiger partial charge in [0.05, 0.1) is 18.1 Å². The molecule has 0 aromatic heterocycles. The Labute approximate surface area is 189 Å². The average molecular weight is 481 g/mol. The third-order valence-electron chi connectivity index (χ3n) is 4.15. The number of hydrogen-bond acceptors (Lipinski definition) is 8. The SMILES string of the molecule is N=C(N)NOCCCOc1ccc(C[C@H](NS(=O)(=O)c2ccccc2[N+](=O)[O-])C(=O)O)cc1. The molecule has 2 aromatic rings. The number of benzene rings is 2. The van der Waals surface area contributed by atoms with Crippen LogP contribution in [0.5, 0.6) is 5.75 Å². The largest absolute Gasteiger partial charge is 0.494 e. The van der Waals surface area contributed by atoms with Gasteiger partial charge in [-0.25, -0.2) is 13.9 Å². The quantitative estimate of drug-likeness (QED) is 0.0891. The first-order valence-corrected chi connectivity index (χ1v) is 11.0. The summed E-state index contributed by atoms with van der Waals surface area (Å²) in [5.41, 5.74) is 7.11. The van der Waals surface area contributed by atoms with Crippen molar-refractivity contribution in [2.24, 2.45) is 5.73 Å². The van der Waals surface area contributed by atoms with E-state index < -0.39 is 37.5 Å². The Morgan fingerprint density at radius 1 is 1.18 bits per heavy atom. The number of hydrogen-bond donors (Lipinski definition) is 5. The van der Waals surface area contributed by atoms with E-state index in [0.29, 0.717) is 24.3 Å². The second kappa shape index (κ2) is 11.8. The summed E-state index contributed by atoms with van der Waals surface area (Å²) in [7, 11) is -4.47. The lowest BCUT2D eigenvalue weighted by molar-refractivity contribution is -0.387. The van der Waals surface area contributed by atoms with Crippen molar-refractivity contribution in [3.8, 4) is 5.75 Å². The number of rotatable bonds is 13. The van der Waals surface area contributed by atoms with Crippen molar-refractivity contribution in [2.75, 3.05) is 13.2 Å². The number of carboxylic acids is 1. The third kappa shape index (κ3) is 8.03. The van der Waals surface area contributed by atoms with Crippen LogP contribution in [-0.2, 0) is 26.1 Å². The first-order chi connectivity index (χ1) is 15.6. The molecular formula is C19H23N5O8S. The van der Waals surface area contributed by atoms with Gasteiger partial charge < -0.3 is 15.6 Å². The highest BCUT2D eigenvalue weighted by Gasteiger charge is 2.30. The summed E-state index contributed by atoms with van der Waals surface area (Å²) in [6.45, 7) is 0.573. The van der Waals surface area contributed by atoms with E-state index in [9.17, 15) is 28.4 Å². The van der Waals surface area contributed by atoms with Crippen LogP contribution in [0, 0.1) is 15.5 Å². The summed E-state index contributed by atoms with van der Waals surface area (Å²) < 4.78 is 32.8. The number of sulfonamides is 1. The van der Waals surface area contributed by atoms with Crippen LogP contribution in [0.15, 0.2) is 53.4 Å². The highest BCUT2D eigenvalue weighted by molar-refractivity contribution is 7.89. The molecule has 0 aliphatic carbocycles. The summed E-state index contributed by atoms with van der Waals surface area (Å²) in [6.07, 6.45) is 0.316. The number of aliphatic carboxylic acids is 1. The molecule has 13 nitrogen and oxygen atoms in total. The number of carbonyl (C=O) groups is 1. The van der Waals surface area contributed by atoms with E-state index >= 15 is 0 Å². The molecule has 0 radical (unpaired) electrons. The van der Waals surface area contributed by atoms with E-state index in [2.05, 4.69) is 5.48 Å². The molecular weight excluding hydrogens is 458 g/mol. The standard InChI is InChI=1S/C19H23N5O8S/c20-19(21)22-32-11-3-10-31-14-8-6-13(7-9-14)12-15(18(25)26)23-33(29,30)17-5-2-1-4-16(17)24(27)28/h1-2,4-9,15,23H,3,10-12H2,(H,25,26)(H4,20,21,22)/t15-/m0/s1. The number of nitro benzene ring substituents is 1. The molecule has 1 atom stereocenters. The van der Waals surface area contributed by atoms with E-state index in [0.717, 1.165) is 12.1 Å². The molecule has 2 aromatic carbocycles. The predicted molar refractivity (Wildman–Crippen MR) is 116 cm³/mol. The van der Waals surface area contributed by atoms with Crippen molar-refractivity contribution >= 4 is 27.6 Å². The number of nitrogens with one attached hydrogen (secondary N) is 3. The molecule has 0 aliphatic rings. The van der Waals surface area contributed by atoms with Crippen molar-refractivity contribution < 1.29 is 32.8 Å². The minimum Gasteiger partial charge on any atom is -0.494 e. The lowest BCUT2D eigenvalue weighted by atomic mass is 10.1. The van der Waals surface area contributed by atoms with Crippen LogP contribution in [-0.4, -0.2) is 49.6 Å². The van der Waals surface area contributed by atoms with Crippen LogP contribution in [0.4, 0.5) is 5.69 Å². The summed E-state index contributed by atoms with van der Waals surface area (Å²) in [4.78, 5) is 26.2. The lowest BCUT2D eigenvalue weighted by Gasteiger charge is -2.15. The molecule has 0 spiro atoms. The Morgan fingerprint density at radius 3 is 2.45 bits per heavy atom. The summed E-state index contributed by atoms with van der Waals surface area (Å²) in [5.74, 6) is -1.24. The zero-order valence-corrected chi connectivity index (χ0v) is 18.1. The molecule has 0 unspecified atom stereocenters. The molecule has 178 valence electrons. The summed E-state index contributed by atoms with van der Waals surface area (Å²) in [6, 6.07) is 9.48. The lowest BCUT2D eigenvalue weighted by Crippen LogP contribution is -2.42. The number of nitrogens with zero attached hydrogens (tertiary/aromatic N) is 1. The molecule has 0 heterocycles. The van der Waals surface area contributed by atoms with Gasteiger partial charge in [-0.1, -0.05) is 24.3 Å². The molecule has 14 heteroatoms. The Morgan fingerprint density at radius 2 is 1.85 bits per heavy atom. The van der Waals surface area contributed by atoms with Crippen LogP contribution >= 0.6 is 0 Å². The van der Waals surface area contributed by atoms with Crippen LogP contribution in [0.3, 0.4) is 0 Å². The maximum Gasteiger partial charge on any atom is 0.322 e. The maximum atomic E-state index is 12.6. The molecule has 0 saturated heterocycles. The van der Waals surface area contributed by atoms with E-state index in [1.165, 1.54) is 12.1 Å². The summed E-state index contributed by atoms with van der Waals surface area (Å²) in [5, 5.41) is 27.5. The average Bonchev–Trinajstić information content (AvgIpc) is 2.76. The zero-order valence-electron chi connectivity index (χ0n) is 17.3. The minimum atomic E-state index is -4.47. The molecule has 33 heavy (non-hydrogen) atoms. The van der Waals surface area contributed by atoms with Crippen LogP contribution in [0.2, 0.25) is 0 Å². The fraction of sp³-hybridized carbons (Fsp3) is 0.263. The highest BCUT2D eigenvalue weighted by Crippen LogP contribution is 2.23. The van der Waals surface area contributed by atoms with Crippen molar-refractivity contribution in [2.45, 2.75) is 23.8 Å². The molecule has 6 N–H and O–H groups in total. The van der Waals surface area contributed by atoms with Gasteiger partial charge in [-0.05, 0) is 30.2 Å². The fourth-order valence-corrected chi connectivity index (χ4v) is 4.03. The van der Waals surface area contributed by atoms with E-state index in [-0.39, 0.29) is 19.0 Å². The first kappa shape index (κ1) is 25.5. The van der Waals surface area contributed by atoms with Gasteiger partial charge in [-0.3, -0.25) is 25.2 Å². The van der Waals surface area contributed by atoms with Crippen molar-refractivity contribution in [1.82, 2.24) is 10.2 Å². The second-order valence-corrected chi connectivity index (χ2v) is 8.33. The molecule has 0 amide bonds. The molecule has 0 bridgehead atoms. The maximum absolute atomic E-state index is 12.6. The minimum absolute atomic E-state index is 0.194. The number of guanidine groups is 1. The predicted octanol–water partition coefficient (Wildman–Crippen LogP) is 0.753. The fourth-order valence-electron chi connectivity index (χ4n) is 2.67. The summed E-state index contributed by atoms with van der Waals surface area (Å²) >= 11 is 0. The normalized spacial score (nSPS) is 12.0. The topological polar surface area (TPSA) is 207 Å². The monoisotopic (exact) mass is 481 g/mol. The van der Waals surface area contributed by atoms with Gasteiger partial charge in [0, 0.05) is 12.5 Å². The van der Waals surface area contributed by atoms with E-state index in [1.54, 1.807) is 24.3 Å². The molecule has 0 saturated carbocycles. The van der Waals surface area contributed by atoms with Crippen LogP contribution < -0.4 is 20.7 Å². The number of carboxylic acid groups (broad SMARTS) is 1. The zero-order chi connectivity index (χ0) is 24.4. The number of nitrogens with two attached hydrogens (primary N) is 1. The van der Waals surface area contributed by atoms with Crippen LogP contribution in [0.25, 0.3) is 0 Å². The Balaban J connectivity index is 1.99. The van der Waals surface area contributed by atoms with Gasteiger partial charge in [0.1, 0.15) is 11.8 Å². The van der Waals surface area contributed by atoms with Gasteiger partial charge in [0.25, 0.3) is 5.69 Å². The number of nitro groups is 1. The number of ether oxygens (including phenoxy) is 1. The highest BCUT2D eigenvalue weighted by atomic mass is 32.2. The van der Waals surface area contributed by atoms with Gasteiger partial charge in [-0.15, -0.1) is 0 Å². The first-order valence-electron chi connectivity index (χ1n) is 9.52. The Hall–Kier alpha value is -3.75. The van der Waals surface area contributed by atoms with Crippen molar-refractivity contribution in [3.05, 3.63) is 64.2 Å². The Bertz CT molecular complexity index is 1090. The van der Waals surface area contributed by atoms with E-state index in [1.807, 2.05) is 4.72 Å². The molecule has 0 aliphatic heterocycles. The Kier molecular flexibility index (Phi) is 9.08. The molecule has 0 fully saturated rings. The van der Waals surface area contributed by atoms with Crippen molar-refractivity contribution in [3.63, 3.8) is 0 Å². The smallest absolute Gasteiger partial charge is 0.322 e. The van der Waals surface area contributed by atoms with Gasteiger partial charge in [0.15, 0.2) is 4.90 Å². The second-order valence-electron chi connectivity index (χ2n) is 6.65. The molecule has 2 rings (SSSR count). The number of para-hydroxylation sites is 1. The third-order valence-corrected chi connectivity index (χ3v) is 5.67. The van der Waals surface area contributed by atoms with Gasteiger partial charge >= 0.3 is 5.97 Å². The van der Waals surface area contributed by atoms with Crippen molar-refractivity contribution in [1.29, 1.82) is 5.41 Å². The van der Waals surface area contributed by atoms with Crippen LogP contribution in [0.1, 0.15) is 12.0 Å².